The second-order valence-corrected chi connectivity index (χ2v) is 5.49. The van der Waals surface area contributed by atoms with Crippen molar-refractivity contribution in [3.8, 4) is 5.69 Å². The maximum atomic E-state index is 13.1. The first-order chi connectivity index (χ1) is 9.86. The van der Waals surface area contributed by atoms with Gasteiger partial charge < -0.3 is 5.73 Å². The van der Waals surface area contributed by atoms with Gasteiger partial charge in [-0.25, -0.2) is 4.68 Å². The summed E-state index contributed by atoms with van der Waals surface area (Å²) in [6.07, 6.45) is -0.665. The lowest BCUT2D eigenvalue weighted by atomic mass is 10.1. The third-order valence-electron chi connectivity index (χ3n) is 3.44. The van der Waals surface area contributed by atoms with Crippen LogP contribution in [0.15, 0.2) is 30.5 Å². The molecule has 0 saturated heterocycles. The lowest BCUT2D eigenvalue weighted by Crippen LogP contribution is -2.18. The van der Waals surface area contributed by atoms with E-state index in [2.05, 4.69) is 17.3 Å². The van der Waals surface area contributed by atoms with Gasteiger partial charge in [0.25, 0.3) is 0 Å². The van der Waals surface area contributed by atoms with E-state index in [1.54, 1.807) is 6.20 Å². The second kappa shape index (κ2) is 4.84. The molecular formula is C14H12F3N3S. The summed E-state index contributed by atoms with van der Waals surface area (Å²) in [4.78, 5) is -0.270. The van der Waals surface area contributed by atoms with Gasteiger partial charge in [-0.1, -0.05) is 12.2 Å². The first kappa shape index (κ1) is 14.1. The Morgan fingerprint density at radius 1 is 1.29 bits per heavy atom. The Morgan fingerprint density at radius 3 is 2.57 bits per heavy atom. The summed E-state index contributed by atoms with van der Waals surface area (Å²) in [5.41, 5.74) is 5.61. The van der Waals surface area contributed by atoms with Gasteiger partial charge in [0.1, 0.15) is 4.99 Å². The molecule has 3 nitrogen and oxygen atoms in total. The lowest BCUT2D eigenvalue weighted by molar-refractivity contribution is -0.137. The van der Waals surface area contributed by atoms with Crippen molar-refractivity contribution in [3.63, 3.8) is 0 Å². The molecule has 0 bridgehead atoms. The highest BCUT2D eigenvalue weighted by Crippen LogP contribution is 2.39. The third-order valence-corrected chi connectivity index (χ3v) is 3.66. The molecule has 1 aliphatic carbocycles. The number of thiocarbonyl (C=S) groups is 1. The van der Waals surface area contributed by atoms with Crippen molar-refractivity contribution in [2.45, 2.75) is 24.9 Å². The molecule has 110 valence electrons. The maximum Gasteiger partial charge on any atom is 0.417 e. The minimum atomic E-state index is -4.51. The number of hydrogen-bond acceptors (Lipinski definition) is 2. The molecule has 1 aromatic heterocycles. The summed E-state index contributed by atoms with van der Waals surface area (Å²) in [6.45, 7) is 0. The highest BCUT2D eigenvalue weighted by atomic mass is 32.1. The predicted octanol–water partition coefficient (Wildman–Crippen LogP) is 3.40. The fourth-order valence-corrected chi connectivity index (χ4v) is 2.38. The minimum Gasteiger partial charge on any atom is -0.389 e. The van der Waals surface area contributed by atoms with Crippen LogP contribution in [-0.4, -0.2) is 14.8 Å². The quantitative estimate of drug-likeness (QED) is 0.884. The molecule has 2 N–H and O–H groups in total. The molecule has 1 heterocycles. The van der Waals surface area contributed by atoms with E-state index >= 15 is 0 Å². The molecule has 0 amide bonds. The Labute approximate surface area is 124 Å². The predicted molar refractivity (Wildman–Crippen MR) is 76.4 cm³/mol. The second-order valence-electron chi connectivity index (χ2n) is 5.05. The number of nitrogens with zero attached hydrogens (tertiary/aromatic N) is 2. The van der Waals surface area contributed by atoms with Crippen LogP contribution in [0.1, 0.15) is 35.6 Å². The molecule has 1 aliphatic rings. The number of hydrogen-bond donors (Lipinski definition) is 1. The molecule has 21 heavy (non-hydrogen) atoms. The molecule has 2 aromatic rings. The van der Waals surface area contributed by atoms with E-state index in [4.69, 9.17) is 5.73 Å². The van der Waals surface area contributed by atoms with Gasteiger partial charge in [-0.05, 0) is 37.1 Å². The Balaban J connectivity index is 2.04. The molecule has 1 saturated carbocycles. The highest BCUT2D eigenvalue weighted by molar-refractivity contribution is 7.80. The summed E-state index contributed by atoms with van der Waals surface area (Å²) < 4.78 is 40.8. The van der Waals surface area contributed by atoms with Crippen LogP contribution in [-0.2, 0) is 6.18 Å². The molecule has 1 fully saturated rings. The summed E-state index contributed by atoms with van der Waals surface area (Å²) >= 11 is 4.68. The number of aromatic nitrogens is 2. The zero-order valence-electron chi connectivity index (χ0n) is 10.9. The average molecular weight is 311 g/mol. The molecule has 1 aromatic carbocycles. The lowest BCUT2D eigenvalue weighted by Gasteiger charge is -2.13. The Morgan fingerprint density at radius 2 is 2.00 bits per heavy atom. The molecule has 3 rings (SSSR count). The van der Waals surface area contributed by atoms with Gasteiger partial charge in [0.15, 0.2) is 0 Å². The fourth-order valence-electron chi connectivity index (χ4n) is 2.20. The van der Waals surface area contributed by atoms with E-state index in [-0.39, 0.29) is 10.6 Å². The van der Waals surface area contributed by atoms with Crippen molar-refractivity contribution in [1.29, 1.82) is 0 Å². The molecular weight excluding hydrogens is 299 g/mol. The van der Waals surface area contributed by atoms with Crippen LogP contribution >= 0.6 is 12.2 Å². The van der Waals surface area contributed by atoms with Gasteiger partial charge in [-0.2, -0.15) is 18.3 Å². The van der Waals surface area contributed by atoms with Gasteiger partial charge in [0, 0.05) is 17.7 Å². The largest absolute Gasteiger partial charge is 0.417 e. The van der Waals surface area contributed by atoms with Gasteiger partial charge in [-0.15, -0.1) is 0 Å². The molecule has 0 aliphatic heterocycles. The zero-order valence-corrected chi connectivity index (χ0v) is 11.7. The smallest absolute Gasteiger partial charge is 0.389 e. The van der Waals surface area contributed by atoms with Crippen LogP contribution in [0.3, 0.4) is 0 Å². The van der Waals surface area contributed by atoms with Crippen LogP contribution in [0.25, 0.3) is 5.69 Å². The van der Waals surface area contributed by atoms with Crippen molar-refractivity contribution < 1.29 is 13.2 Å². The van der Waals surface area contributed by atoms with Gasteiger partial charge in [0.05, 0.1) is 16.9 Å². The van der Waals surface area contributed by atoms with E-state index < -0.39 is 11.7 Å². The highest BCUT2D eigenvalue weighted by Gasteiger charge is 2.34. The normalized spacial score (nSPS) is 15.2. The Hall–Kier alpha value is -1.89. The Bertz CT molecular complexity index is 702. The van der Waals surface area contributed by atoms with E-state index in [0.717, 1.165) is 24.6 Å². The standard InChI is InChI=1S/C14H12F3N3S/c15-14(16,17)11-7-9(3-4-10(11)13(18)21)20-6-5-12(19-20)8-1-2-8/h3-8H,1-2H2,(H2,18,21). The number of nitrogens with two attached hydrogens (primary N) is 1. The molecule has 0 unspecified atom stereocenters. The van der Waals surface area contributed by atoms with Crippen LogP contribution in [0.4, 0.5) is 13.2 Å². The molecule has 0 radical (unpaired) electrons. The summed E-state index contributed by atoms with van der Waals surface area (Å²) in [5, 5.41) is 4.33. The third kappa shape index (κ3) is 2.78. The van der Waals surface area contributed by atoms with E-state index in [9.17, 15) is 13.2 Å². The summed E-state index contributed by atoms with van der Waals surface area (Å²) in [5.74, 6) is 0.448. The van der Waals surface area contributed by atoms with Crippen molar-refractivity contribution >= 4 is 17.2 Å². The molecule has 7 heteroatoms. The maximum absolute atomic E-state index is 13.1. The van der Waals surface area contributed by atoms with Crippen LogP contribution in [0, 0.1) is 0 Å². The first-order valence-corrected chi connectivity index (χ1v) is 6.84. The fraction of sp³-hybridized carbons (Fsp3) is 0.286. The van der Waals surface area contributed by atoms with Gasteiger partial charge >= 0.3 is 6.18 Å². The number of rotatable bonds is 3. The van der Waals surface area contributed by atoms with Crippen LogP contribution < -0.4 is 5.73 Å². The number of halogens is 3. The van der Waals surface area contributed by atoms with Crippen molar-refractivity contribution in [2.75, 3.05) is 0 Å². The monoisotopic (exact) mass is 311 g/mol. The van der Waals surface area contributed by atoms with Crippen molar-refractivity contribution in [2.24, 2.45) is 5.73 Å². The van der Waals surface area contributed by atoms with Crippen LogP contribution in [0.5, 0.6) is 0 Å². The van der Waals surface area contributed by atoms with E-state index in [1.165, 1.54) is 16.8 Å². The first-order valence-electron chi connectivity index (χ1n) is 6.43. The SMILES string of the molecule is NC(=S)c1ccc(-n2ccc(C3CC3)n2)cc1C(F)(F)F. The average Bonchev–Trinajstić information content (AvgIpc) is 3.15. The Kier molecular flexibility index (Phi) is 3.24. The van der Waals surface area contributed by atoms with Gasteiger partial charge in [0.2, 0.25) is 0 Å². The van der Waals surface area contributed by atoms with E-state index in [1.807, 2.05) is 6.07 Å². The molecule has 0 atom stereocenters. The number of alkyl halides is 3. The molecule has 0 spiro atoms. The summed E-state index contributed by atoms with van der Waals surface area (Å²) in [6, 6.07) is 5.69. The zero-order chi connectivity index (χ0) is 15.2. The van der Waals surface area contributed by atoms with Crippen molar-refractivity contribution in [3.05, 3.63) is 47.3 Å². The van der Waals surface area contributed by atoms with Gasteiger partial charge in [-0.3, -0.25) is 0 Å². The van der Waals surface area contributed by atoms with Crippen molar-refractivity contribution in [1.82, 2.24) is 9.78 Å². The summed E-state index contributed by atoms with van der Waals surface area (Å²) in [7, 11) is 0. The number of benzene rings is 1. The van der Waals surface area contributed by atoms with Crippen LogP contribution in [0.2, 0.25) is 0 Å². The minimum absolute atomic E-state index is 0.171. The van der Waals surface area contributed by atoms with E-state index in [0.29, 0.717) is 11.6 Å². The topological polar surface area (TPSA) is 43.8 Å².